The molecule has 24 heavy (non-hydrogen) atoms. The Labute approximate surface area is 142 Å². The molecular weight excluding hydrogens is 351 g/mol. The van der Waals surface area contributed by atoms with Gasteiger partial charge in [-0.15, -0.1) is 0 Å². The van der Waals surface area contributed by atoms with Crippen LogP contribution in [0.5, 0.6) is 0 Å². The van der Waals surface area contributed by atoms with Crippen molar-refractivity contribution in [3.63, 3.8) is 0 Å². The van der Waals surface area contributed by atoms with E-state index in [4.69, 9.17) is 0 Å². The zero-order valence-corrected chi connectivity index (χ0v) is 14.8. The molecule has 0 fully saturated rings. The van der Waals surface area contributed by atoms with E-state index in [1.807, 2.05) is 0 Å². The fraction of sp³-hybridized carbons (Fsp3) is 0.294. The molecule has 2 aromatic carbocycles. The molecule has 0 spiro atoms. The van der Waals surface area contributed by atoms with Gasteiger partial charge in [-0.25, -0.2) is 21.2 Å². The van der Waals surface area contributed by atoms with E-state index >= 15 is 0 Å². The van der Waals surface area contributed by atoms with Gasteiger partial charge >= 0.3 is 0 Å². The predicted molar refractivity (Wildman–Crippen MR) is 90.8 cm³/mol. The highest BCUT2D eigenvalue weighted by atomic mass is 32.3. The van der Waals surface area contributed by atoms with Crippen LogP contribution in [-0.4, -0.2) is 27.6 Å². The van der Waals surface area contributed by atoms with Crippen molar-refractivity contribution >= 4 is 19.7 Å². The van der Waals surface area contributed by atoms with Crippen molar-refractivity contribution in [2.75, 3.05) is 0 Å². The number of rotatable bonds is 7. The van der Waals surface area contributed by atoms with Crippen LogP contribution in [0, 0.1) is 0 Å². The number of sulfone groups is 2. The lowest BCUT2D eigenvalue weighted by Crippen LogP contribution is -2.33. The standard InChI is InChI=1S/C17H19FO4S2/c1-2-14(18)13-17(23(19,20)15-9-5-3-6-10-15)24(21,22)16-11-7-4-8-12-16/h3-12,14,17H,2,13H2,1H3. The van der Waals surface area contributed by atoms with Gasteiger partial charge in [-0.1, -0.05) is 43.3 Å². The van der Waals surface area contributed by atoms with E-state index < -0.39 is 36.8 Å². The van der Waals surface area contributed by atoms with Gasteiger partial charge in [0, 0.05) is 6.42 Å². The van der Waals surface area contributed by atoms with Gasteiger partial charge < -0.3 is 0 Å². The molecule has 0 aliphatic heterocycles. The maximum atomic E-state index is 13.9. The predicted octanol–water partition coefficient (Wildman–Crippen LogP) is 3.40. The smallest absolute Gasteiger partial charge is 0.196 e. The molecule has 0 bridgehead atoms. The first kappa shape index (κ1) is 18.6. The first-order valence-corrected chi connectivity index (χ1v) is 10.6. The summed E-state index contributed by atoms with van der Waals surface area (Å²) in [6.45, 7) is 1.55. The third kappa shape index (κ3) is 3.84. The average Bonchev–Trinajstić information content (AvgIpc) is 2.60. The molecule has 0 saturated carbocycles. The Kier molecular flexibility index (Phi) is 5.77. The van der Waals surface area contributed by atoms with Gasteiger partial charge in [0.05, 0.1) is 9.79 Å². The molecule has 1 atom stereocenters. The summed E-state index contributed by atoms with van der Waals surface area (Å²) in [5.41, 5.74) is 0. The van der Waals surface area contributed by atoms with Crippen molar-refractivity contribution in [1.29, 1.82) is 0 Å². The van der Waals surface area contributed by atoms with Crippen LogP contribution in [-0.2, 0) is 19.7 Å². The highest BCUT2D eigenvalue weighted by Crippen LogP contribution is 2.29. The molecule has 0 aliphatic rings. The third-order valence-electron chi connectivity index (χ3n) is 3.73. The number of hydrogen-bond acceptors (Lipinski definition) is 4. The van der Waals surface area contributed by atoms with Crippen molar-refractivity contribution in [2.24, 2.45) is 0 Å². The first-order valence-electron chi connectivity index (χ1n) is 7.52. The van der Waals surface area contributed by atoms with Gasteiger partial charge in [-0.2, -0.15) is 0 Å². The molecule has 2 aromatic rings. The molecular formula is C17H19FO4S2. The Bertz CT molecular complexity index is 794. The van der Waals surface area contributed by atoms with Crippen LogP contribution >= 0.6 is 0 Å². The maximum Gasteiger partial charge on any atom is 0.196 e. The van der Waals surface area contributed by atoms with Crippen molar-refractivity contribution < 1.29 is 21.2 Å². The summed E-state index contributed by atoms with van der Waals surface area (Å²) in [5.74, 6) is 0. The molecule has 0 heterocycles. The van der Waals surface area contributed by atoms with E-state index in [-0.39, 0.29) is 16.2 Å². The number of benzene rings is 2. The Balaban J connectivity index is 2.58. The highest BCUT2D eigenvalue weighted by Gasteiger charge is 2.41. The lowest BCUT2D eigenvalue weighted by atomic mass is 10.2. The van der Waals surface area contributed by atoms with E-state index in [0.717, 1.165) is 0 Å². The fourth-order valence-electron chi connectivity index (χ4n) is 2.32. The van der Waals surface area contributed by atoms with Gasteiger partial charge in [0.1, 0.15) is 6.17 Å². The van der Waals surface area contributed by atoms with Crippen molar-refractivity contribution in [3.8, 4) is 0 Å². The van der Waals surface area contributed by atoms with Crippen LogP contribution in [0.1, 0.15) is 19.8 Å². The zero-order chi connectivity index (χ0) is 17.8. The molecule has 0 N–H and O–H groups in total. The Morgan fingerprint density at radius 3 is 1.50 bits per heavy atom. The van der Waals surface area contributed by atoms with Crippen LogP contribution in [0.3, 0.4) is 0 Å². The molecule has 7 heteroatoms. The summed E-state index contributed by atoms with van der Waals surface area (Å²) < 4.78 is 63.5. The van der Waals surface area contributed by atoms with E-state index in [2.05, 4.69) is 0 Å². The van der Waals surface area contributed by atoms with Crippen LogP contribution in [0.25, 0.3) is 0 Å². The summed E-state index contributed by atoms with van der Waals surface area (Å²) in [6, 6.07) is 14.6. The molecule has 0 saturated heterocycles. The second-order valence-corrected chi connectivity index (χ2v) is 9.95. The third-order valence-corrected chi connectivity index (χ3v) is 8.87. The molecule has 0 aliphatic carbocycles. The molecule has 2 rings (SSSR count). The van der Waals surface area contributed by atoms with Gasteiger partial charge in [0.2, 0.25) is 0 Å². The quantitative estimate of drug-likeness (QED) is 0.749. The Hall–Kier alpha value is -1.73. The van der Waals surface area contributed by atoms with Crippen molar-refractivity contribution in [3.05, 3.63) is 60.7 Å². The zero-order valence-electron chi connectivity index (χ0n) is 13.2. The van der Waals surface area contributed by atoms with Crippen molar-refractivity contribution in [1.82, 2.24) is 0 Å². The maximum absolute atomic E-state index is 13.9. The topological polar surface area (TPSA) is 68.3 Å². The summed E-state index contributed by atoms with van der Waals surface area (Å²) >= 11 is 0. The molecule has 0 amide bonds. The summed E-state index contributed by atoms with van der Waals surface area (Å²) in [7, 11) is -8.48. The molecule has 130 valence electrons. The van der Waals surface area contributed by atoms with Crippen LogP contribution < -0.4 is 0 Å². The minimum atomic E-state index is -4.24. The Morgan fingerprint density at radius 1 is 0.792 bits per heavy atom. The van der Waals surface area contributed by atoms with Gasteiger partial charge in [-0.3, -0.25) is 0 Å². The summed E-state index contributed by atoms with van der Waals surface area (Å²) in [5, 5.41) is 0. The number of hydrogen-bond donors (Lipinski definition) is 0. The lowest BCUT2D eigenvalue weighted by molar-refractivity contribution is 0.310. The molecule has 0 aromatic heterocycles. The van der Waals surface area contributed by atoms with Crippen molar-refractivity contribution in [2.45, 2.75) is 40.3 Å². The normalized spacial score (nSPS) is 13.8. The minimum Gasteiger partial charge on any atom is -0.247 e. The average molecular weight is 370 g/mol. The Morgan fingerprint density at radius 2 is 1.17 bits per heavy atom. The molecule has 4 nitrogen and oxygen atoms in total. The van der Waals surface area contributed by atoms with Gasteiger partial charge in [-0.05, 0) is 30.7 Å². The number of alkyl halides is 1. The second kappa shape index (κ2) is 7.44. The number of halogens is 1. The van der Waals surface area contributed by atoms with Gasteiger partial charge in [0.25, 0.3) is 0 Å². The monoisotopic (exact) mass is 370 g/mol. The largest absolute Gasteiger partial charge is 0.247 e. The summed E-state index contributed by atoms with van der Waals surface area (Å²) in [6.07, 6.45) is -2.07. The van der Waals surface area contributed by atoms with E-state index in [1.165, 1.54) is 48.5 Å². The van der Waals surface area contributed by atoms with Crippen LogP contribution in [0.2, 0.25) is 0 Å². The van der Waals surface area contributed by atoms with E-state index in [1.54, 1.807) is 19.1 Å². The highest BCUT2D eigenvalue weighted by molar-refractivity contribution is 8.09. The molecule has 0 radical (unpaired) electrons. The fourth-order valence-corrected chi connectivity index (χ4v) is 6.92. The second-order valence-electron chi connectivity index (χ2n) is 5.39. The first-order chi connectivity index (χ1) is 11.3. The minimum absolute atomic E-state index is 0.0467. The lowest BCUT2D eigenvalue weighted by Gasteiger charge is -2.20. The van der Waals surface area contributed by atoms with Crippen LogP contribution in [0.4, 0.5) is 4.39 Å². The summed E-state index contributed by atoms with van der Waals surface area (Å²) in [4.78, 5) is -0.254. The molecule has 1 unspecified atom stereocenters. The van der Waals surface area contributed by atoms with Crippen LogP contribution in [0.15, 0.2) is 70.5 Å². The van der Waals surface area contributed by atoms with E-state index in [0.29, 0.717) is 0 Å². The van der Waals surface area contributed by atoms with Gasteiger partial charge in [0.15, 0.2) is 24.3 Å². The van der Waals surface area contributed by atoms with E-state index in [9.17, 15) is 21.2 Å². The SMILES string of the molecule is CCC(F)CC(S(=O)(=O)c1ccccc1)S(=O)(=O)c1ccccc1.